The van der Waals surface area contributed by atoms with Crippen LogP contribution in [0.1, 0.15) is 36.2 Å². The molecule has 1 aliphatic rings. The summed E-state index contributed by atoms with van der Waals surface area (Å²) in [5, 5.41) is 32.8. The number of hydrogen-bond acceptors (Lipinski definition) is 8. The number of carbonyl (C=O) groups is 6. The van der Waals surface area contributed by atoms with Gasteiger partial charge in [-0.3, -0.25) is 34.1 Å². The highest BCUT2D eigenvalue weighted by atomic mass is 16.4. The van der Waals surface area contributed by atoms with Crippen molar-refractivity contribution in [3.05, 3.63) is 71.4 Å². The zero-order valence-electron chi connectivity index (χ0n) is 25.0. The molecule has 10 N–H and O–H groups in total. The van der Waals surface area contributed by atoms with Crippen LogP contribution in [0.25, 0.3) is 10.9 Å². The lowest BCUT2D eigenvalue weighted by Gasteiger charge is -2.32. The zero-order valence-corrected chi connectivity index (χ0v) is 25.0. The largest absolute Gasteiger partial charge is 0.481 e. The van der Waals surface area contributed by atoms with E-state index in [1.54, 1.807) is 24.3 Å². The van der Waals surface area contributed by atoms with Crippen LogP contribution in [0.5, 0.6) is 0 Å². The van der Waals surface area contributed by atoms with Crippen molar-refractivity contribution in [2.24, 2.45) is 5.73 Å². The van der Waals surface area contributed by atoms with Crippen molar-refractivity contribution in [1.29, 1.82) is 0 Å². The summed E-state index contributed by atoms with van der Waals surface area (Å²) in [4.78, 5) is 77.8. The van der Waals surface area contributed by atoms with Crippen molar-refractivity contribution in [1.82, 2.24) is 31.6 Å². The summed E-state index contributed by atoms with van der Waals surface area (Å²) in [5.74, 6) is -5.15. The van der Waals surface area contributed by atoms with Crippen LogP contribution in [-0.2, 0) is 41.6 Å². The summed E-state index contributed by atoms with van der Waals surface area (Å²) in [6.45, 7) is 0.812. The molecule has 2 unspecified atom stereocenters. The minimum atomic E-state index is -1.37. The highest BCUT2D eigenvalue weighted by Gasteiger charge is 2.36. The molecule has 0 aliphatic carbocycles. The molecule has 15 nitrogen and oxygen atoms in total. The third kappa shape index (κ3) is 8.46. The van der Waals surface area contributed by atoms with E-state index in [9.17, 15) is 39.0 Å². The molecule has 4 amide bonds. The van der Waals surface area contributed by atoms with E-state index in [0.29, 0.717) is 5.69 Å². The number of nitrogens with two attached hydrogens (primary N) is 1. The van der Waals surface area contributed by atoms with Gasteiger partial charge in [0.05, 0.1) is 25.0 Å². The molecule has 0 saturated heterocycles. The van der Waals surface area contributed by atoms with Gasteiger partial charge in [-0.1, -0.05) is 48.5 Å². The fraction of sp³-hybridized carbons (Fsp3) is 0.355. The number of aromatic amines is 1. The molecule has 0 spiro atoms. The van der Waals surface area contributed by atoms with E-state index in [1.165, 1.54) is 6.92 Å². The Morgan fingerprint density at radius 2 is 1.61 bits per heavy atom. The highest BCUT2D eigenvalue weighted by Crippen LogP contribution is 2.31. The van der Waals surface area contributed by atoms with E-state index in [1.807, 2.05) is 30.3 Å². The number of hydrogen-bond donors (Lipinski definition) is 9. The van der Waals surface area contributed by atoms with E-state index in [-0.39, 0.29) is 19.4 Å². The van der Waals surface area contributed by atoms with Gasteiger partial charge in [-0.15, -0.1) is 0 Å². The van der Waals surface area contributed by atoms with Crippen LogP contribution in [0.4, 0.5) is 0 Å². The number of amides is 4. The van der Waals surface area contributed by atoms with Gasteiger partial charge in [0.2, 0.25) is 23.6 Å². The topological polar surface area (TPSA) is 245 Å². The number of aliphatic carboxylic acids is 2. The molecule has 0 bridgehead atoms. The third-order valence-corrected chi connectivity index (χ3v) is 7.66. The molecular weight excluding hydrogens is 598 g/mol. The van der Waals surface area contributed by atoms with Gasteiger partial charge in [0, 0.05) is 29.6 Å². The molecule has 244 valence electrons. The first-order chi connectivity index (χ1) is 22.0. The number of aromatic nitrogens is 1. The van der Waals surface area contributed by atoms with Gasteiger partial charge < -0.3 is 42.2 Å². The summed E-state index contributed by atoms with van der Waals surface area (Å²) < 4.78 is 0. The van der Waals surface area contributed by atoms with Crippen LogP contribution in [-0.4, -0.2) is 88.0 Å². The quantitative estimate of drug-likeness (QED) is 0.105. The molecule has 2 aromatic carbocycles. The highest BCUT2D eigenvalue weighted by molar-refractivity contribution is 5.94. The Hall–Kier alpha value is -5.28. The average molecular weight is 636 g/mol. The Morgan fingerprint density at radius 1 is 0.913 bits per heavy atom. The molecule has 1 aliphatic heterocycles. The zero-order chi connectivity index (χ0) is 33.4. The van der Waals surface area contributed by atoms with Crippen LogP contribution in [0.3, 0.4) is 0 Å². The van der Waals surface area contributed by atoms with Gasteiger partial charge in [0.25, 0.3) is 0 Å². The first-order valence-electron chi connectivity index (χ1n) is 14.7. The summed E-state index contributed by atoms with van der Waals surface area (Å²) in [7, 11) is 0. The van der Waals surface area contributed by atoms with Gasteiger partial charge in [0.15, 0.2) is 0 Å². The molecule has 0 saturated carbocycles. The fourth-order valence-corrected chi connectivity index (χ4v) is 5.33. The van der Waals surface area contributed by atoms with Gasteiger partial charge in [-0.05, 0) is 30.5 Å². The number of para-hydroxylation sites is 1. The van der Waals surface area contributed by atoms with Gasteiger partial charge in [-0.25, -0.2) is 0 Å². The van der Waals surface area contributed by atoms with Crippen molar-refractivity contribution >= 4 is 46.5 Å². The second-order valence-corrected chi connectivity index (χ2v) is 11.0. The van der Waals surface area contributed by atoms with E-state index in [0.717, 1.165) is 22.0 Å². The smallest absolute Gasteiger partial charge is 0.325 e. The van der Waals surface area contributed by atoms with Gasteiger partial charge in [-0.2, -0.15) is 0 Å². The van der Waals surface area contributed by atoms with Crippen molar-refractivity contribution in [2.45, 2.75) is 56.4 Å². The lowest BCUT2D eigenvalue weighted by molar-refractivity contribution is -0.142. The van der Waals surface area contributed by atoms with Crippen molar-refractivity contribution < 1.29 is 39.0 Å². The summed E-state index contributed by atoms with van der Waals surface area (Å²) in [6, 6.07) is 11.2. The second-order valence-electron chi connectivity index (χ2n) is 11.0. The molecule has 0 radical (unpaired) electrons. The number of rotatable bonds is 14. The number of carbonyl (C=O) groups excluding carboxylic acids is 4. The monoisotopic (exact) mass is 635 g/mol. The van der Waals surface area contributed by atoms with Crippen LogP contribution in [0.15, 0.2) is 54.6 Å². The summed E-state index contributed by atoms with van der Waals surface area (Å²) >= 11 is 0. The number of carboxylic acids is 2. The number of nitrogens with one attached hydrogen (secondary N) is 6. The van der Waals surface area contributed by atoms with E-state index >= 15 is 0 Å². The lowest BCUT2D eigenvalue weighted by Crippen LogP contribution is -2.58. The predicted octanol–water partition coefficient (Wildman–Crippen LogP) is -0.925. The number of H-pyrrole nitrogens is 1. The Labute approximate surface area is 263 Å². The fourth-order valence-electron chi connectivity index (χ4n) is 5.33. The SMILES string of the molecule is C[C@H](NC(=O)[C@H](Cc1ccccc1)NC(=O)C1Cc2c([nH]c3ccccc23)C(CNC(=O)[C@H](CC(=O)O)NC(=O)CN)N1)C(=O)O. The van der Waals surface area contributed by atoms with E-state index in [2.05, 4.69) is 31.6 Å². The number of fused-ring (bicyclic) bond motifs is 3. The lowest BCUT2D eigenvalue weighted by atomic mass is 9.93. The standard InChI is InChI=1S/C31H37N7O8/c1-16(31(45)46)34-29(43)21(11-17-7-3-2-4-8-17)38-30(44)22-12-19-18-9-5-6-10-20(18)37-27(19)24(35-22)15-33-28(42)23(13-26(40)41)36-25(39)14-32/h2-10,16,21-24,35,37H,11-15,32H2,1H3,(H,33,42)(H,34,43)(H,36,39)(H,38,44)(H,40,41)(H,45,46)/t16-,21-,22?,23-,24?/m0/s1. The Balaban J connectivity index is 1.57. The maximum Gasteiger partial charge on any atom is 0.325 e. The third-order valence-electron chi connectivity index (χ3n) is 7.66. The first-order valence-corrected chi connectivity index (χ1v) is 14.7. The normalized spacial score (nSPS) is 17.5. The minimum Gasteiger partial charge on any atom is -0.481 e. The van der Waals surface area contributed by atoms with Gasteiger partial charge in [0.1, 0.15) is 18.1 Å². The molecule has 5 atom stereocenters. The van der Waals surface area contributed by atoms with Crippen molar-refractivity contribution in [3.63, 3.8) is 0 Å². The number of carboxylic acid groups (broad SMARTS) is 2. The Kier molecular flexibility index (Phi) is 11.1. The maximum absolute atomic E-state index is 13.8. The van der Waals surface area contributed by atoms with E-state index in [4.69, 9.17) is 5.73 Å². The molecule has 46 heavy (non-hydrogen) atoms. The summed E-state index contributed by atoms with van der Waals surface area (Å²) in [6.07, 6.45) is -0.326. The Morgan fingerprint density at radius 3 is 2.28 bits per heavy atom. The molecule has 3 aromatic rings. The molecular formula is C31H37N7O8. The van der Waals surface area contributed by atoms with E-state index < -0.39 is 78.7 Å². The van der Waals surface area contributed by atoms with Gasteiger partial charge >= 0.3 is 11.9 Å². The molecule has 2 heterocycles. The molecule has 0 fully saturated rings. The predicted molar refractivity (Wildman–Crippen MR) is 165 cm³/mol. The second kappa shape index (κ2) is 15.1. The van der Waals surface area contributed by atoms with Crippen LogP contribution in [0, 0.1) is 0 Å². The number of benzene rings is 2. The van der Waals surface area contributed by atoms with Crippen molar-refractivity contribution in [2.75, 3.05) is 13.1 Å². The average Bonchev–Trinajstić information content (AvgIpc) is 3.41. The summed E-state index contributed by atoms with van der Waals surface area (Å²) in [5.41, 5.74) is 8.39. The molecule has 15 heteroatoms. The van der Waals surface area contributed by atoms with Crippen LogP contribution < -0.4 is 32.3 Å². The minimum absolute atomic E-state index is 0.0822. The maximum atomic E-state index is 13.8. The molecule has 4 rings (SSSR count). The first kappa shape index (κ1) is 33.6. The van der Waals surface area contributed by atoms with Crippen LogP contribution in [0.2, 0.25) is 0 Å². The van der Waals surface area contributed by atoms with Crippen LogP contribution >= 0.6 is 0 Å². The molecule has 1 aromatic heterocycles. The Bertz CT molecular complexity index is 1610. The van der Waals surface area contributed by atoms with Crippen molar-refractivity contribution in [3.8, 4) is 0 Å².